The number of rotatable bonds is 13. The number of alkyl halides is 1. The maximum absolute atomic E-state index is 12.0. The largest absolute Gasteiger partial charge is 0.543 e. The molecule has 2 aromatic carbocycles. The first kappa shape index (κ1) is 28.4. The van der Waals surface area contributed by atoms with Crippen molar-refractivity contribution >= 4 is 30.5 Å². The molecule has 7 heteroatoms. The standard InChI is InChI=1S/C27H39BrO5Si/c1-9-31-25(16-28)32-27-24(30-8)15-12-22(17-29)26(27)21-10-13-23(14-11-21)33-34(18(2)3,19(4)5)20(6)7/h10-15,17-20,25H,9,16H2,1-8H3. The van der Waals surface area contributed by atoms with Crippen LogP contribution >= 0.6 is 15.9 Å². The summed E-state index contributed by atoms with van der Waals surface area (Å²) < 4.78 is 24.2. The highest BCUT2D eigenvalue weighted by molar-refractivity contribution is 9.09. The van der Waals surface area contributed by atoms with Gasteiger partial charge in [0.2, 0.25) is 6.29 Å². The average molecular weight is 552 g/mol. The second-order valence-electron chi connectivity index (χ2n) is 9.28. The topological polar surface area (TPSA) is 54.0 Å². The molecule has 0 aliphatic rings. The van der Waals surface area contributed by atoms with Gasteiger partial charge in [-0.25, -0.2) is 0 Å². The van der Waals surface area contributed by atoms with Crippen molar-refractivity contribution in [2.75, 3.05) is 19.0 Å². The lowest BCUT2D eigenvalue weighted by molar-refractivity contribution is -0.0577. The smallest absolute Gasteiger partial charge is 0.258 e. The number of methoxy groups -OCH3 is 1. The van der Waals surface area contributed by atoms with E-state index in [0.29, 0.717) is 51.2 Å². The van der Waals surface area contributed by atoms with Gasteiger partial charge >= 0.3 is 0 Å². The van der Waals surface area contributed by atoms with Gasteiger partial charge in [-0.1, -0.05) is 69.6 Å². The zero-order valence-electron chi connectivity index (χ0n) is 21.7. The summed E-state index contributed by atoms with van der Waals surface area (Å²) in [6.07, 6.45) is 0.321. The first-order valence-electron chi connectivity index (χ1n) is 12.0. The van der Waals surface area contributed by atoms with Crippen LogP contribution in [0.4, 0.5) is 0 Å². The van der Waals surface area contributed by atoms with E-state index in [1.54, 1.807) is 19.2 Å². The number of carbonyl (C=O) groups is 1. The van der Waals surface area contributed by atoms with Crippen molar-refractivity contribution < 1.29 is 23.4 Å². The highest BCUT2D eigenvalue weighted by Crippen LogP contribution is 2.44. The number of hydrogen-bond donors (Lipinski definition) is 0. The van der Waals surface area contributed by atoms with Crippen molar-refractivity contribution in [3.05, 3.63) is 42.0 Å². The van der Waals surface area contributed by atoms with Crippen LogP contribution in [0.3, 0.4) is 0 Å². The third-order valence-corrected chi connectivity index (χ3v) is 12.9. The zero-order chi connectivity index (χ0) is 25.5. The average Bonchev–Trinajstić information content (AvgIpc) is 2.81. The Bertz CT molecular complexity index is 906. The monoisotopic (exact) mass is 550 g/mol. The van der Waals surface area contributed by atoms with Crippen LogP contribution in [0.1, 0.15) is 58.8 Å². The third-order valence-electron chi connectivity index (χ3n) is 6.37. The Morgan fingerprint density at radius 1 is 0.941 bits per heavy atom. The summed E-state index contributed by atoms with van der Waals surface area (Å²) in [6.45, 7) is 16.0. The Morgan fingerprint density at radius 2 is 1.53 bits per heavy atom. The lowest BCUT2D eigenvalue weighted by atomic mass is 9.98. The molecule has 0 amide bonds. The van der Waals surface area contributed by atoms with Gasteiger partial charge in [0.05, 0.1) is 12.4 Å². The summed E-state index contributed by atoms with van der Waals surface area (Å²) in [7, 11) is -0.482. The number of hydrogen-bond acceptors (Lipinski definition) is 5. The van der Waals surface area contributed by atoms with Gasteiger partial charge in [0, 0.05) is 17.7 Å². The molecule has 0 radical (unpaired) electrons. The molecular formula is C27H39BrO5Si. The number of aldehydes is 1. The highest BCUT2D eigenvalue weighted by Gasteiger charge is 2.47. The highest BCUT2D eigenvalue weighted by atomic mass is 79.9. The maximum atomic E-state index is 12.0. The summed E-state index contributed by atoms with van der Waals surface area (Å²) in [5.74, 6) is 1.88. The van der Waals surface area contributed by atoms with E-state index >= 15 is 0 Å². The van der Waals surface area contributed by atoms with Crippen LogP contribution in [-0.4, -0.2) is 39.9 Å². The van der Waals surface area contributed by atoms with Crippen LogP contribution in [0.15, 0.2) is 36.4 Å². The minimum Gasteiger partial charge on any atom is -0.543 e. The van der Waals surface area contributed by atoms with Gasteiger partial charge in [0.1, 0.15) is 5.75 Å². The first-order chi connectivity index (χ1) is 16.2. The van der Waals surface area contributed by atoms with Crippen molar-refractivity contribution in [3.8, 4) is 28.4 Å². The van der Waals surface area contributed by atoms with E-state index in [9.17, 15) is 4.79 Å². The lowest BCUT2D eigenvalue weighted by Crippen LogP contribution is -2.50. The fourth-order valence-corrected chi connectivity index (χ4v) is 10.5. The quantitative estimate of drug-likeness (QED) is 0.110. The molecule has 0 aliphatic carbocycles. The molecule has 0 bridgehead atoms. The summed E-state index contributed by atoms with van der Waals surface area (Å²) >= 11 is 3.44. The van der Waals surface area contributed by atoms with E-state index in [2.05, 4.69) is 57.5 Å². The lowest BCUT2D eigenvalue weighted by Gasteiger charge is -2.42. The minimum atomic E-state index is -2.07. The summed E-state index contributed by atoms with van der Waals surface area (Å²) in [4.78, 5) is 12.0. The first-order valence-corrected chi connectivity index (χ1v) is 15.2. The fraction of sp³-hybridized carbons (Fsp3) is 0.519. The van der Waals surface area contributed by atoms with E-state index in [1.165, 1.54) is 0 Å². The number of ether oxygens (including phenoxy) is 3. The summed E-state index contributed by atoms with van der Waals surface area (Å²) in [5.41, 5.74) is 3.47. The molecule has 0 saturated heterocycles. The van der Waals surface area contributed by atoms with Gasteiger partial charge in [-0.3, -0.25) is 4.79 Å². The van der Waals surface area contributed by atoms with Gasteiger partial charge in [-0.05, 0) is 53.4 Å². The Balaban J connectivity index is 2.55. The van der Waals surface area contributed by atoms with Gasteiger partial charge in [0.15, 0.2) is 17.8 Å². The molecule has 5 nitrogen and oxygen atoms in total. The Kier molecular flexibility index (Phi) is 10.7. The number of carbonyl (C=O) groups excluding carboxylic acids is 1. The normalized spacial score (nSPS) is 12.8. The van der Waals surface area contributed by atoms with Crippen LogP contribution in [0.25, 0.3) is 11.1 Å². The van der Waals surface area contributed by atoms with Gasteiger partial charge in [-0.2, -0.15) is 0 Å². The summed E-state index contributed by atoms with van der Waals surface area (Å²) in [6, 6.07) is 11.4. The molecule has 188 valence electrons. The molecule has 34 heavy (non-hydrogen) atoms. The minimum absolute atomic E-state index is 0.479. The molecule has 0 aromatic heterocycles. The van der Waals surface area contributed by atoms with Gasteiger partial charge < -0.3 is 18.6 Å². The van der Waals surface area contributed by atoms with Crippen molar-refractivity contribution in [3.63, 3.8) is 0 Å². The van der Waals surface area contributed by atoms with Crippen molar-refractivity contribution in [1.29, 1.82) is 0 Å². The Labute approximate surface area is 214 Å². The number of benzene rings is 2. The van der Waals surface area contributed by atoms with Crippen molar-refractivity contribution in [2.24, 2.45) is 0 Å². The molecule has 2 rings (SSSR count). The molecule has 0 fully saturated rings. The number of halogens is 1. The SMILES string of the molecule is CCOC(CBr)Oc1c(OC)ccc(C=O)c1-c1ccc(O[Si](C(C)C)(C(C)C)C(C)C)cc1. The molecular weight excluding hydrogens is 512 g/mol. The van der Waals surface area contributed by atoms with Crippen molar-refractivity contribution in [2.45, 2.75) is 71.4 Å². The molecule has 0 N–H and O–H groups in total. The summed E-state index contributed by atoms with van der Waals surface area (Å²) in [5, 5.41) is 0.480. The fourth-order valence-electron chi connectivity index (χ4n) is 4.93. The van der Waals surface area contributed by atoms with Crippen LogP contribution in [0.2, 0.25) is 16.6 Å². The molecule has 0 spiro atoms. The van der Waals surface area contributed by atoms with Crippen LogP contribution < -0.4 is 13.9 Å². The van der Waals surface area contributed by atoms with Crippen LogP contribution in [0, 0.1) is 0 Å². The second-order valence-corrected chi connectivity index (χ2v) is 15.3. The molecule has 2 aromatic rings. The van der Waals surface area contributed by atoms with Gasteiger partial charge in [0.25, 0.3) is 8.32 Å². The van der Waals surface area contributed by atoms with E-state index in [-0.39, 0.29) is 0 Å². The van der Waals surface area contributed by atoms with E-state index in [1.807, 2.05) is 31.2 Å². The predicted molar refractivity (Wildman–Crippen MR) is 145 cm³/mol. The zero-order valence-corrected chi connectivity index (χ0v) is 24.3. The third kappa shape index (κ3) is 6.04. The molecule has 0 saturated carbocycles. The molecule has 1 unspecified atom stereocenters. The predicted octanol–water partition coefficient (Wildman–Crippen LogP) is 7.87. The van der Waals surface area contributed by atoms with Crippen LogP contribution in [-0.2, 0) is 4.74 Å². The Morgan fingerprint density at radius 3 is 1.97 bits per heavy atom. The van der Waals surface area contributed by atoms with E-state index in [4.69, 9.17) is 18.6 Å². The van der Waals surface area contributed by atoms with Gasteiger partial charge in [-0.15, -0.1) is 0 Å². The second kappa shape index (κ2) is 12.7. The molecule has 1 atom stereocenters. The molecule has 0 aliphatic heterocycles. The van der Waals surface area contributed by atoms with E-state index < -0.39 is 14.6 Å². The van der Waals surface area contributed by atoms with Crippen LogP contribution in [0.5, 0.6) is 17.2 Å². The van der Waals surface area contributed by atoms with Crippen molar-refractivity contribution in [1.82, 2.24) is 0 Å². The maximum Gasteiger partial charge on any atom is 0.258 e. The Hall–Kier alpha value is -1.83. The van der Waals surface area contributed by atoms with E-state index in [0.717, 1.165) is 17.6 Å². The molecule has 0 heterocycles.